The Morgan fingerprint density at radius 2 is 1.55 bits per heavy atom. The van der Waals surface area contributed by atoms with Crippen LogP contribution in [-0.2, 0) is 0 Å². The number of rotatable bonds is 8. The van der Waals surface area contributed by atoms with Gasteiger partial charge in [0.2, 0.25) is 0 Å². The molecule has 6 rings (SSSR count). The van der Waals surface area contributed by atoms with E-state index in [1.54, 1.807) is 24.3 Å². The molecule has 0 saturated carbocycles. The largest absolute Gasteiger partial charge is 0.422 e. The number of nitro benzene ring substituents is 1. The number of carbonyl (C=O) groups is 3. The second kappa shape index (κ2) is 13.6. The number of nitrogens with one attached hydrogen (secondary N) is 2. The van der Waals surface area contributed by atoms with Crippen LogP contribution >= 0.6 is 61.8 Å². The third-order valence-corrected chi connectivity index (χ3v) is 10.5. The maximum Gasteiger partial charge on any atom is 0.355 e. The van der Waals surface area contributed by atoms with E-state index in [9.17, 15) is 24.5 Å². The number of amides is 2. The monoisotopic (exact) mass is 766 g/mol. The van der Waals surface area contributed by atoms with E-state index < -0.39 is 16.8 Å². The predicted octanol–water partition coefficient (Wildman–Crippen LogP) is 9.33. The van der Waals surface area contributed by atoms with E-state index in [1.165, 1.54) is 53.9 Å². The van der Waals surface area contributed by atoms with Gasteiger partial charge in [0.25, 0.3) is 17.5 Å². The molecule has 0 aliphatic heterocycles. The molecule has 0 saturated heterocycles. The lowest BCUT2D eigenvalue weighted by Gasteiger charge is -2.08. The SMILES string of the molecule is O=C(N/N=C\c1cc(Br)ccc1OC(=O)c1sc2cc([N+](=O)[O-])ccc2c1Cl)c1ccc(NC(=O)c2sc3ccccc3c2Cl)cc1. The van der Waals surface area contributed by atoms with Gasteiger partial charge in [-0.05, 0) is 54.6 Å². The molecule has 2 amide bonds. The minimum absolute atomic E-state index is 0.0767. The van der Waals surface area contributed by atoms with E-state index in [-0.39, 0.29) is 32.8 Å². The summed E-state index contributed by atoms with van der Waals surface area (Å²) in [5.74, 6) is -1.51. The summed E-state index contributed by atoms with van der Waals surface area (Å²) in [5, 5.41) is 19.8. The topological polar surface area (TPSA) is 140 Å². The Morgan fingerprint density at radius 3 is 2.30 bits per heavy atom. The van der Waals surface area contributed by atoms with E-state index in [4.69, 9.17) is 27.9 Å². The van der Waals surface area contributed by atoms with Gasteiger partial charge in [-0.2, -0.15) is 5.10 Å². The third kappa shape index (κ3) is 6.89. The van der Waals surface area contributed by atoms with Crippen molar-refractivity contribution in [3.8, 4) is 5.75 Å². The Kier molecular flexibility index (Phi) is 9.34. The second-order valence-corrected chi connectivity index (χ2v) is 13.5. The number of ether oxygens (including phenoxy) is 1. The molecule has 234 valence electrons. The number of non-ortho nitro benzene ring substituents is 1. The normalized spacial score (nSPS) is 11.2. The first-order valence-corrected chi connectivity index (χ1v) is 16.6. The predicted molar refractivity (Wildman–Crippen MR) is 189 cm³/mol. The first-order chi connectivity index (χ1) is 22.6. The molecular formula is C32H17BrCl2N4O6S2. The van der Waals surface area contributed by atoms with Gasteiger partial charge in [-0.15, -0.1) is 22.7 Å². The molecular weight excluding hydrogens is 751 g/mol. The summed E-state index contributed by atoms with van der Waals surface area (Å²) in [5.41, 5.74) is 3.41. The quantitative estimate of drug-likeness (QED) is 0.0520. The van der Waals surface area contributed by atoms with Crippen LogP contribution in [0.2, 0.25) is 10.0 Å². The van der Waals surface area contributed by atoms with Crippen molar-refractivity contribution in [2.24, 2.45) is 5.10 Å². The van der Waals surface area contributed by atoms with E-state index in [0.717, 1.165) is 21.4 Å². The molecule has 0 fully saturated rings. The molecule has 0 spiro atoms. The van der Waals surface area contributed by atoms with Gasteiger partial charge in [-0.3, -0.25) is 19.7 Å². The van der Waals surface area contributed by atoms with Crippen LogP contribution in [0.15, 0.2) is 94.5 Å². The number of anilines is 1. The van der Waals surface area contributed by atoms with Crippen LogP contribution in [0.25, 0.3) is 20.2 Å². The summed E-state index contributed by atoms with van der Waals surface area (Å²) >= 11 is 18.5. The van der Waals surface area contributed by atoms with Gasteiger partial charge < -0.3 is 10.1 Å². The average molecular weight is 768 g/mol. The van der Waals surface area contributed by atoms with Crippen LogP contribution in [0.5, 0.6) is 5.75 Å². The molecule has 10 nitrogen and oxygen atoms in total. The Hall–Kier alpha value is -4.66. The van der Waals surface area contributed by atoms with Gasteiger partial charge in [-0.1, -0.05) is 57.3 Å². The number of nitrogens with zero attached hydrogens (tertiary/aromatic N) is 2. The lowest BCUT2D eigenvalue weighted by molar-refractivity contribution is -0.384. The molecule has 0 atom stereocenters. The van der Waals surface area contributed by atoms with Gasteiger partial charge in [0.05, 0.1) is 21.2 Å². The van der Waals surface area contributed by atoms with Crippen molar-refractivity contribution < 1.29 is 24.0 Å². The van der Waals surface area contributed by atoms with Crippen molar-refractivity contribution in [3.63, 3.8) is 0 Å². The Labute approximate surface area is 291 Å². The molecule has 2 N–H and O–H groups in total. The number of fused-ring (bicyclic) bond motifs is 2. The average Bonchev–Trinajstić information content (AvgIpc) is 3.58. The minimum Gasteiger partial charge on any atom is -0.422 e. The summed E-state index contributed by atoms with van der Waals surface area (Å²) in [4.78, 5) is 49.7. The molecule has 4 aromatic carbocycles. The Bertz CT molecular complexity index is 2270. The highest BCUT2D eigenvalue weighted by molar-refractivity contribution is 9.10. The van der Waals surface area contributed by atoms with Crippen molar-refractivity contribution in [1.82, 2.24) is 5.43 Å². The highest BCUT2D eigenvalue weighted by Crippen LogP contribution is 2.38. The first kappa shape index (κ1) is 32.3. The first-order valence-electron chi connectivity index (χ1n) is 13.4. The van der Waals surface area contributed by atoms with Crippen LogP contribution in [-0.4, -0.2) is 28.9 Å². The summed E-state index contributed by atoms with van der Waals surface area (Å²) in [6.07, 6.45) is 1.31. The number of esters is 1. The number of hydrogen-bond acceptors (Lipinski definition) is 9. The zero-order chi connectivity index (χ0) is 33.2. The summed E-state index contributed by atoms with van der Waals surface area (Å²) < 4.78 is 7.63. The highest BCUT2D eigenvalue weighted by atomic mass is 79.9. The Balaban J connectivity index is 1.11. The van der Waals surface area contributed by atoms with Gasteiger partial charge in [-0.25, -0.2) is 10.2 Å². The van der Waals surface area contributed by atoms with Crippen molar-refractivity contribution >= 4 is 117 Å². The fourth-order valence-electron chi connectivity index (χ4n) is 4.44. The molecule has 2 heterocycles. The summed E-state index contributed by atoms with van der Waals surface area (Å²) in [6.45, 7) is 0. The standard InChI is InChI=1S/C32H17BrCl2N4O6S2/c33-18-7-12-23(45-32(42)29-27(35)22-11-10-20(39(43)44)14-25(22)47-29)17(13-18)15-36-38-30(40)16-5-8-19(9-6-16)37-31(41)28-26(34)21-3-1-2-4-24(21)46-28/h1-15H,(H,37,41)(H,38,40)/b36-15-. The number of carbonyl (C=O) groups excluding carboxylic acids is 3. The maximum atomic E-state index is 13.1. The molecule has 47 heavy (non-hydrogen) atoms. The highest BCUT2D eigenvalue weighted by Gasteiger charge is 2.22. The Morgan fingerprint density at radius 1 is 0.851 bits per heavy atom. The van der Waals surface area contributed by atoms with Crippen LogP contribution in [0, 0.1) is 10.1 Å². The van der Waals surface area contributed by atoms with Crippen LogP contribution in [0.3, 0.4) is 0 Å². The zero-order valence-corrected chi connectivity index (χ0v) is 28.2. The molecule has 15 heteroatoms. The number of hydrogen-bond donors (Lipinski definition) is 2. The smallest absolute Gasteiger partial charge is 0.355 e. The molecule has 0 radical (unpaired) electrons. The van der Waals surface area contributed by atoms with Crippen molar-refractivity contribution in [2.75, 3.05) is 5.32 Å². The molecule has 0 aliphatic rings. The molecule has 0 aliphatic carbocycles. The number of thiophene rings is 2. The van der Waals surface area contributed by atoms with Crippen molar-refractivity contribution in [3.05, 3.63) is 130 Å². The molecule has 6 aromatic rings. The van der Waals surface area contributed by atoms with Gasteiger partial charge in [0, 0.05) is 53.6 Å². The lowest BCUT2D eigenvalue weighted by atomic mass is 10.2. The van der Waals surface area contributed by atoms with E-state index in [0.29, 0.717) is 35.7 Å². The van der Waals surface area contributed by atoms with Crippen molar-refractivity contribution in [1.29, 1.82) is 0 Å². The molecule has 0 unspecified atom stereocenters. The fraction of sp³-hybridized carbons (Fsp3) is 0. The lowest BCUT2D eigenvalue weighted by Crippen LogP contribution is -2.18. The van der Waals surface area contributed by atoms with E-state index >= 15 is 0 Å². The fourth-order valence-corrected chi connectivity index (χ4v) is 7.64. The van der Waals surface area contributed by atoms with Crippen molar-refractivity contribution in [2.45, 2.75) is 0 Å². The number of halogens is 3. The zero-order valence-electron chi connectivity index (χ0n) is 23.5. The summed E-state index contributed by atoms with van der Waals surface area (Å²) in [6, 6.07) is 22.7. The van der Waals surface area contributed by atoms with E-state index in [1.807, 2.05) is 24.3 Å². The van der Waals surface area contributed by atoms with Gasteiger partial charge >= 0.3 is 5.97 Å². The molecule has 2 aromatic heterocycles. The number of nitro groups is 1. The van der Waals surface area contributed by atoms with Crippen LogP contribution in [0.4, 0.5) is 11.4 Å². The van der Waals surface area contributed by atoms with E-state index in [2.05, 4.69) is 31.8 Å². The third-order valence-electron chi connectivity index (χ3n) is 6.70. The van der Waals surface area contributed by atoms with Crippen LogP contribution in [0.1, 0.15) is 35.3 Å². The molecule has 0 bridgehead atoms. The van der Waals surface area contributed by atoms with Gasteiger partial charge in [0.1, 0.15) is 15.5 Å². The second-order valence-electron chi connectivity index (χ2n) is 9.73. The van der Waals surface area contributed by atoms with Gasteiger partial charge in [0.15, 0.2) is 0 Å². The summed E-state index contributed by atoms with van der Waals surface area (Å²) in [7, 11) is 0. The maximum absolute atomic E-state index is 13.1. The number of hydrazone groups is 1. The minimum atomic E-state index is -0.762. The van der Waals surface area contributed by atoms with Crippen LogP contribution < -0.4 is 15.5 Å². The number of benzene rings is 4.